The van der Waals surface area contributed by atoms with E-state index in [9.17, 15) is 4.79 Å². The topological polar surface area (TPSA) is 70.1 Å². The number of nitrogens with zero attached hydrogens (tertiary/aromatic N) is 2. The van der Waals surface area contributed by atoms with Crippen LogP contribution in [-0.4, -0.2) is 9.55 Å². The first kappa shape index (κ1) is 12.2. The van der Waals surface area contributed by atoms with Gasteiger partial charge in [0.05, 0.1) is 0 Å². The second kappa shape index (κ2) is 5.35. The number of ether oxygens (including phenoxy) is 1. The summed E-state index contributed by atoms with van der Waals surface area (Å²) in [5.41, 5.74) is 6.00. The molecule has 0 spiro atoms. The van der Waals surface area contributed by atoms with Crippen molar-refractivity contribution in [1.82, 2.24) is 9.55 Å². The molecule has 5 heteroatoms. The van der Waals surface area contributed by atoms with E-state index in [0.717, 1.165) is 6.42 Å². The number of rotatable bonds is 4. The molecule has 0 saturated heterocycles. The van der Waals surface area contributed by atoms with Crippen LogP contribution in [0.2, 0.25) is 0 Å². The molecule has 0 atom stereocenters. The van der Waals surface area contributed by atoms with E-state index in [0.29, 0.717) is 18.0 Å². The van der Waals surface area contributed by atoms with Crippen LogP contribution in [0.25, 0.3) is 0 Å². The molecular weight excluding hydrogens is 230 g/mol. The Bertz CT molecular complexity index is 576. The standard InChI is InChI=1S/C13H15N3O2/c1-2-8-16-9-7-15-12(13(16)17)18-11-5-3-10(14)4-6-11/h3-7,9H,2,8,14H2,1H3. The van der Waals surface area contributed by atoms with Crippen LogP contribution >= 0.6 is 0 Å². The van der Waals surface area contributed by atoms with Crippen molar-refractivity contribution >= 4 is 5.69 Å². The first-order chi connectivity index (χ1) is 8.70. The number of anilines is 1. The molecule has 0 aliphatic rings. The molecule has 2 N–H and O–H groups in total. The molecule has 0 radical (unpaired) electrons. The number of benzene rings is 1. The average molecular weight is 245 g/mol. The number of hydrogen-bond acceptors (Lipinski definition) is 4. The number of nitrogen functional groups attached to an aromatic ring is 1. The summed E-state index contributed by atoms with van der Waals surface area (Å²) in [5, 5.41) is 0. The molecule has 0 fully saturated rings. The molecule has 5 nitrogen and oxygen atoms in total. The highest BCUT2D eigenvalue weighted by Gasteiger charge is 2.06. The molecule has 0 bridgehead atoms. The Kier molecular flexibility index (Phi) is 3.62. The predicted molar refractivity (Wildman–Crippen MR) is 69.7 cm³/mol. The van der Waals surface area contributed by atoms with E-state index in [2.05, 4.69) is 4.98 Å². The van der Waals surface area contributed by atoms with Crippen molar-refractivity contribution in [2.75, 3.05) is 5.73 Å². The van der Waals surface area contributed by atoms with Gasteiger partial charge in [-0.15, -0.1) is 0 Å². The van der Waals surface area contributed by atoms with Gasteiger partial charge < -0.3 is 15.0 Å². The van der Waals surface area contributed by atoms with Gasteiger partial charge >= 0.3 is 5.56 Å². The molecule has 18 heavy (non-hydrogen) atoms. The molecule has 0 saturated carbocycles. The minimum atomic E-state index is -0.226. The summed E-state index contributed by atoms with van der Waals surface area (Å²) in [6, 6.07) is 6.83. The Balaban J connectivity index is 2.26. The maximum Gasteiger partial charge on any atom is 0.313 e. The summed E-state index contributed by atoms with van der Waals surface area (Å²) < 4.78 is 7.03. The van der Waals surface area contributed by atoms with E-state index >= 15 is 0 Å². The van der Waals surface area contributed by atoms with Crippen LogP contribution in [0.4, 0.5) is 5.69 Å². The van der Waals surface area contributed by atoms with Crippen LogP contribution in [0.3, 0.4) is 0 Å². The Labute approximate surface area is 105 Å². The van der Waals surface area contributed by atoms with E-state index in [-0.39, 0.29) is 11.4 Å². The molecule has 0 aliphatic heterocycles. The number of nitrogens with two attached hydrogens (primary N) is 1. The summed E-state index contributed by atoms with van der Waals surface area (Å²) >= 11 is 0. The van der Waals surface area contributed by atoms with Crippen molar-refractivity contribution in [1.29, 1.82) is 0 Å². The molecule has 2 rings (SSSR count). The van der Waals surface area contributed by atoms with Crippen molar-refractivity contribution < 1.29 is 4.74 Å². The predicted octanol–water partition coefficient (Wildman–Crippen LogP) is 2.03. The third-order valence-corrected chi connectivity index (χ3v) is 2.44. The van der Waals surface area contributed by atoms with E-state index in [1.165, 1.54) is 0 Å². The maximum absolute atomic E-state index is 12.0. The number of hydrogen-bond donors (Lipinski definition) is 1. The van der Waals surface area contributed by atoms with Crippen molar-refractivity contribution in [3.8, 4) is 11.6 Å². The van der Waals surface area contributed by atoms with E-state index in [4.69, 9.17) is 10.5 Å². The van der Waals surface area contributed by atoms with Gasteiger partial charge in [0.15, 0.2) is 0 Å². The normalized spacial score (nSPS) is 10.3. The lowest BCUT2D eigenvalue weighted by Crippen LogP contribution is -2.21. The number of aromatic nitrogens is 2. The van der Waals surface area contributed by atoms with Gasteiger partial charge in [0, 0.05) is 24.6 Å². The minimum Gasteiger partial charge on any atom is -0.435 e. The average Bonchev–Trinajstić information content (AvgIpc) is 2.37. The van der Waals surface area contributed by atoms with Crippen molar-refractivity contribution in [3.05, 3.63) is 47.0 Å². The van der Waals surface area contributed by atoms with Gasteiger partial charge in [0.1, 0.15) is 5.75 Å². The van der Waals surface area contributed by atoms with Gasteiger partial charge in [-0.2, -0.15) is 0 Å². The highest BCUT2D eigenvalue weighted by molar-refractivity contribution is 5.42. The minimum absolute atomic E-state index is 0.0794. The summed E-state index contributed by atoms with van der Waals surface area (Å²) in [5.74, 6) is 0.624. The molecule has 1 heterocycles. The summed E-state index contributed by atoms with van der Waals surface area (Å²) in [6.45, 7) is 2.66. The zero-order chi connectivity index (χ0) is 13.0. The van der Waals surface area contributed by atoms with Crippen LogP contribution in [0, 0.1) is 0 Å². The maximum atomic E-state index is 12.0. The smallest absolute Gasteiger partial charge is 0.313 e. The molecule has 0 aliphatic carbocycles. The Morgan fingerprint density at radius 2 is 2.06 bits per heavy atom. The van der Waals surface area contributed by atoms with Gasteiger partial charge in [-0.1, -0.05) is 6.92 Å². The van der Waals surface area contributed by atoms with Gasteiger partial charge in [0.25, 0.3) is 5.88 Å². The summed E-state index contributed by atoms with van der Waals surface area (Å²) in [6.07, 6.45) is 4.09. The van der Waals surface area contributed by atoms with Gasteiger partial charge in [-0.25, -0.2) is 4.98 Å². The van der Waals surface area contributed by atoms with Crippen molar-refractivity contribution in [3.63, 3.8) is 0 Å². The van der Waals surface area contributed by atoms with E-state index in [1.54, 1.807) is 41.2 Å². The fourth-order valence-electron chi connectivity index (χ4n) is 1.56. The van der Waals surface area contributed by atoms with E-state index in [1.807, 2.05) is 6.92 Å². The monoisotopic (exact) mass is 245 g/mol. The first-order valence-electron chi connectivity index (χ1n) is 5.79. The lowest BCUT2D eigenvalue weighted by atomic mass is 10.3. The molecule has 0 amide bonds. The van der Waals surface area contributed by atoms with E-state index < -0.39 is 0 Å². The third-order valence-electron chi connectivity index (χ3n) is 2.44. The lowest BCUT2D eigenvalue weighted by Gasteiger charge is -2.07. The quantitative estimate of drug-likeness (QED) is 0.837. The molecule has 1 aromatic carbocycles. The second-order valence-electron chi connectivity index (χ2n) is 3.90. The third kappa shape index (κ3) is 2.68. The zero-order valence-corrected chi connectivity index (χ0v) is 10.2. The lowest BCUT2D eigenvalue weighted by molar-refractivity contribution is 0.443. The summed E-state index contributed by atoms with van der Waals surface area (Å²) in [4.78, 5) is 15.9. The second-order valence-corrected chi connectivity index (χ2v) is 3.90. The van der Waals surface area contributed by atoms with Gasteiger partial charge in [-0.05, 0) is 30.7 Å². The Morgan fingerprint density at radius 1 is 1.33 bits per heavy atom. The fraction of sp³-hybridized carbons (Fsp3) is 0.231. The zero-order valence-electron chi connectivity index (χ0n) is 10.2. The number of aryl methyl sites for hydroxylation is 1. The van der Waals surface area contributed by atoms with Crippen LogP contribution in [0.15, 0.2) is 41.5 Å². The van der Waals surface area contributed by atoms with Gasteiger partial charge in [-0.3, -0.25) is 4.79 Å². The molecule has 2 aromatic rings. The molecule has 0 unspecified atom stereocenters. The molecule has 1 aromatic heterocycles. The summed E-state index contributed by atoms with van der Waals surface area (Å²) in [7, 11) is 0. The highest BCUT2D eigenvalue weighted by Crippen LogP contribution is 2.17. The Hall–Kier alpha value is -2.30. The Morgan fingerprint density at radius 3 is 2.72 bits per heavy atom. The van der Waals surface area contributed by atoms with Crippen LogP contribution < -0.4 is 16.0 Å². The van der Waals surface area contributed by atoms with Gasteiger partial charge in [0.2, 0.25) is 0 Å². The SMILES string of the molecule is CCCn1ccnc(Oc2ccc(N)cc2)c1=O. The fourth-order valence-corrected chi connectivity index (χ4v) is 1.56. The van der Waals surface area contributed by atoms with Crippen LogP contribution in [0.5, 0.6) is 11.6 Å². The molecular formula is C13H15N3O2. The van der Waals surface area contributed by atoms with Crippen LogP contribution in [-0.2, 0) is 6.54 Å². The van der Waals surface area contributed by atoms with Crippen molar-refractivity contribution in [2.45, 2.75) is 19.9 Å². The first-order valence-corrected chi connectivity index (χ1v) is 5.79. The highest BCUT2D eigenvalue weighted by atomic mass is 16.5. The van der Waals surface area contributed by atoms with Crippen LogP contribution in [0.1, 0.15) is 13.3 Å². The largest absolute Gasteiger partial charge is 0.435 e. The van der Waals surface area contributed by atoms with Crippen molar-refractivity contribution in [2.24, 2.45) is 0 Å². The molecule has 94 valence electrons.